The van der Waals surface area contributed by atoms with E-state index >= 15 is 0 Å². The zero-order valence-electron chi connectivity index (χ0n) is 12.2. The highest BCUT2D eigenvalue weighted by molar-refractivity contribution is 6.00. The van der Waals surface area contributed by atoms with Crippen LogP contribution in [-0.4, -0.2) is 39.2 Å². The third-order valence-corrected chi connectivity index (χ3v) is 3.43. The van der Waals surface area contributed by atoms with Gasteiger partial charge in [-0.2, -0.15) is 0 Å². The number of carbonyl (C=O) groups is 2. The molecule has 0 spiro atoms. The van der Waals surface area contributed by atoms with Crippen LogP contribution in [0, 0.1) is 11.8 Å². The Morgan fingerprint density at radius 2 is 1.90 bits per heavy atom. The van der Waals surface area contributed by atoms with Gasteiger partial charge in [0.1, 0.15) is 5.75 Å². The summed E-state index contributed by atoms with van der Waals surface area (Å²) in [5.74, 6) is -0.139. The molecule has 0 aromatic heterocycles. The minimum Gasteiger partial charge on any atom is -0.495 e. The first kappa shape index (κ1) is 15.3. The van der Waals surface area contributed by atoms with Crippen LogP contribution in [0.1, 0.15) is 6.42 Å². The summed E-state index contributed by atoms with van der Waals surface area (Å²) in [5.41, 5.74) is 0.621. The predicted octanol–water partition coefficient (Wildman–Crippen LogP) is 1.03. The van der Waals surface area contributed by atoms with Gasteiger partial charge >= 0.3 is 0 Å². The summed E-state index contributed by atoms with van der Waals surface area (Å²) in [4.78, 5) is 23.9. The van der Waals surface area contributed by atoms with Gasteiger partial charge in [0.05, 0.1) is 31.2 Å². The van der Waals surface area contributed by atoms with Crippen molar-refractivity contribution < 1.29 is 19.1 Å². The highest BCUT2D eigenvalue weighted by atomic mass is 16.5. The fraction of sp³-hybridized carbons (Fsp3) is 0.467. The molecule has 1 saturated carbocycles. The molecule has 2 atom stereocenters. The number of methoxy groups -OCH3 is 2. The van der Waals surface area contributed by atoms with E-state index < -0.39 is 0 Å². The Morgan fingerprint density at radius 1 is 1.19 bits per heavy atom. The van der Waals surface area contributed by atoms with Crippen molar-refractivity contribution in [2.75, 3.05) is 32.7 Å². The Bertz CT molecular complexity index is 518. The molecule has 2 N–H and O–H groups in total. The van der Waals surface area contributed by atoms with E-state index in [1.165, 1.54) is 0 Å². The summed E-state index contributed by atoms with van der Waals surface area (Å²) in [5, 5.41) is 5.56. The van der Waals surface area contributed by atoms with Gasteiger partial charge in [-0.25, -0.2) is 0 Å². The molecule has 0 heterocycles. The lowest BCUT2D eigenvalue weighted by atomic mass is 10.2. The Balaban J connectivity index is 1.84. The SMILES string of the molecule is COCCNC(=O)C1CC1C(=O)Nc1ccccc1OC. The van der Waals surface area contributed by atoms with E-state index in [0.717, 1.165) is 0 Å². The number of carbonyl (C=O) groups excluding carboxylic acids is 2. The number of amides is 2. The fourth-order valence-electron chi connectivity index (χ4n) is 2.16. The number of hydrogen-bond donors (Lipinski definition) is 2. The molecule has 2 unspecified atom stereocenters. The molecule has 1 aliphatic carbocycles. The number of rotatable bonds is 7. The van der Waals surface area contributed by atoms with Crippen molar-refractivity contribution in [3.8, 4) is 5.75 Å². The van der Waals surface area contributed by atoms with Crippen molar-refractivity contribution in [2.45, 2.75) is 6.42 Å². The summed E-state index contributed by atoms with van der Waals surface area (Å²) in [6.07, 6.45) is 0.583. The second kappa shape index (κ2) is 7.08. The average Bonchev–Trinajstić information content (AvgIpc) is 3.28. The zero-order chi connectivity index (χ0) is 15.2. The Morgan fingerprint density at radius 3 is 2.62 bits per heavy atom. The first-order valence-corrected chi connectivity index (χ1v) is 6.88. The normalized spacial score (nSPS) is 19.7. The van der Waals surface area contributed by atoms with E-state index in [4.69, 9.17) is 9.47 Å². The molecule has 0 aliphatic heterocycles. The molecule has 1 aliphatic rings. The molecular formula is C15H20N2O4. The summed E-state index contributed by atoms with van der Waals surface area (Å²) in [6.45, 7) is 0.934. The van der Waals surface area contributed by atoms with Gasteiger partial charge in [-0.15, -0.1) is 0 Å². The van der Waals surface area contributed by atoms with Crippen LogP contribution in [0.3, 0.4) is 0 Å². The van der Waals surface area contributed by atoms with Crippen molar-refractivity contribution in [2.24, 2.45) is 11.8 Å². The van der Waals surface area contributed by atoms with Crippen molar-refractivity contribution >= 4 is 17.5 Å². The minimum absolute atomic E-state index is 0.0905. The van der Waals surface area contributed by atoms with Crippen LogP contribution in [0.15, 0.2) is 24.3 Å². The largest absolute Gasteiger partial charge is 0.495 e. The summed E-state index contributed by atoms with van der Waals surface area (Å²) < 4.78 is 10.0. The number of anilines is 1. The van der Waals surface area contributed by atoms with Gasteiger partial charge in [0, 0.05) is 13.7 Å². The standard InChI is InChI=1S/C15H20N2O4/c1-20-8-7-16-14(18)10-9-11(10)15(19)17-12-5-3-4-6-13(12)21-2/h3-6,10-11H,7-9H2,1-2H3,(H,16,18)(H,17,19). The lowest BCUT2D eigenvalue weighted by Crippen LogP contribution is -2.30. The Labute approximate surface area is 123 Å². The zero-order valence-corrected chi connectivity index (χ0v) is 12.2. The van der Waals surface area contributed by atoms with Crippen LogP contribution in [-0.2, 0) is 14.3 Å². The van der Waals surface area contributed by atoms with Crippen LogP contribution in [0.5, 0.6) is 5.75 Å². The number of ether oxygens (including phenoxy) is 2. The lowest BCUT2D eigenvalue weighted by molar-refractivity contribution is -0.125. The van der Waals surface area contributed by atoms with Crippen molar-refractivity contribution in [1.29, 1.82) is 0 Å². The third-order valence-electron chi connectivity index (χ3n) is 3.43. The van der Waals surface area contributed by atoms with Gasteiger partial charge in [0.2, 0.25) is 11.8 Å². The van der Waals surface area contributed by atoms with Gasteiger partial charge in [-0.3, -0.25) is 9.59 Å². The van der Waals surface area contributed by atoms with E-state index in [0.29, 0.717) is 31.0 Å². The predicted molar refractivity (Wildman–Crippen MR) is 78.1 cm³/mol. The molecule has 21 heavy (non-hydrogen) atoms. The molecular weight excluding hydrogens is 272 g/mol. The first-order valence-electron chi connectivity index (χ1n) is 6.88. The number of nitrogens with one attached hydrogen (secondary N) is 2. The second-order valence-corrected chi connectivity index (χ2v) is 4.92. The highest BCUT2D eigenvalue weighted by Gasteiger charge is 2.47. The van der Waals surface area contributed by atoms with Gasteiger partial charge in [0.25, 0.3) is 0 Å². The van der Waals surface area contributed by atoms with Gasteiger partial charge in [0.15, 0.2) is 0 Å². The highest BCUT2D eigenvalue weighted by Crippen LogP contribution is 2.40. The summed E-state index contributed by atoms with van der Waals surface area (Å²) >= 11 is 0. The smallest absolute Gasteiger partial charge is 0.228 e. The third kappa shape index (κ3) is 3.95. The monoisotopic (exact) mass is 292 g/mol. The first-order chi connectivity index (χ1) is 10.2. The molecule has 0 radical (unpaired) electrons. The molecule has 1 aromatic rings. The van der Waals surface area contributed by atoms with Crippen molar-refractivity contribution in [3.63, 3.8) is 0 Å². The van der Waals surface area contributed by atoms with Crippen LogP contribution in [0.25, 0.3) is 0 Å². The molecule has 114 valence electrons. The van der Waals surface area contributed by atoms with Crippen molar-refractivity contribution in [3.05, 3.63) is 24.3 Å². The molecule has 0 saturated heterocycles. The summed E-state index contributed by atoms with van der Waals surface area (Å²) in [6, 6.07) is 7.20. The van der Waals surface area contributed by atoms with E-state index in [9.17, 15) is 9.59 Å². The maximum Gasteiger partial charge on any atom is 0.228 e. The van der Waals surface area contributed by atoms with E-state index in [1.54, 1.807) is 26.4 Å². The number of para-hydroxylation sites is 2. The van der Waals surface area contributed by atoms with Gasteiger partial charge in [-0.1, -0.05) is 12.1 Å². The van der Waals surface area contributed by atoms with E-state index in [-0.39, 0.29) is 23.7 Å². The molecule has 6 heteroatoms. The lowest BCUT2D eigenvalue weighted by Gasteiger charge is -2.09. The number of benzene rings is 1. The second-order valence-electron chi connectivity index (χ2n) is 4.92. The molecule has 1 aromatic carbocycles. The maximum atomic E-state index is 12.1. The molecule has 1 fully saturated rings. The van der Waals surface area contributed by atoms with Crippen LogP contribution < -0.4 is 15.4 Å². The minimum atomic E-state index is -0.266. The van der Waals surface area contributed by atoms with Crippen molar-refractivity contribution in [1.82, 2.24) is 5.32 Å². The number of hydrogen-bond acceptors (Lipinski definition) is 4. The van der Waals surface area contributed by atoms with Gasteiger partial charge in [-0.05, 0) is 18.6 Å². The maximum absolute atomic E-state index is 12.1. The molecule has 0 bridgehead atoms. The fourth-order valence-corrected chi connectivity index (χ4v) is 2.16. The van der Waals surface area contributed by atoms with Crippen LogP contribution in [0.4, 0.5) is 5.69 Å². The van der Waals surface area contributed by atoms with E-state index in [2.05, 4.69) is 10.6 Å². The van der Waals surface area contributed by atoms with Gasteiger partial charge < -0.3 is 20.1 Å². The topological polar surface area (TPSA) is 76.7 Å². The Kier molecular flexibility index (Phi) is 5.16. The molecule has 6 nitrogen and oxygen atoms in total. The average molecular weight is 292 g/mol. The van der Waals surface area contributed by atoms with E-state index in [1.807, 2.05) is 12.1 Å². The Hall–Kier alpha value is -2.08. The summed E-state index contributed by atoms with van der Waals surface area (Å²) in [7, 11) is 3.13. The molecule has 2 amide bonds. The van der Waals surface area contributed by atoms with Crippen LogP contribution in [0.2, 0.25) is 0 Å². The quantitative estimate of drug-likeness (QED) is 0.736. The van der Waals surface area contributed by atoms with Crippen LogP contribution >= 0.6 is 0 Å². The molecule has 2 rings (SSSR count).